The molecular weight excluding hydrogens is 485 g/mol. The summed E-state index contributed by atoms with van der Waals surface area (Å²) >= 11 is 23.5. The molecule has 1 amide bonds. The second-order valence-electron chi connectivity index (χ2n) is 6.33. The largest absolute Gasteiger partial charge is 0.493 e. The summed E-state index contributed by atoms with van der Waals surface area (Å²) in [5.41, 5.74) is 2.04. The van der Waals surface area contributed by atoms with Crippen molar-refractivity contribution in [3.8, 4) is 17.2 Å². The molecule has 0 fully saturated rings. The van der Waals surface area contributed by atoms with Crippen LogP contribution in [0.25, 0.3) is 0 Å². The van der Waals surface area contributed by atoms with E-state index < -0.39 is 15.9 Å². The first-order valence-electron chi connectivity index (χ1n) is 8.90. The predicted molar refractivity (Wildman–Crippen MR) is 128 cm³/mol. The average molecular weight is 507 g/mol. The Balaban J connectivity index is 2.19. The number of anilines is 1. The van der Waals surface area contributed by atoms with E-state index in [4.69, 9.17) is 61.2 Å². The Bertz CT molecular complexity index is 911. The number of thiocarbonyl (C=S) groups is 1. The molecule has 2 aromatic carbocycles. The smallest absolute Gasteiger partial charge is 0.253 e. The lowest BCUT2D eigenvalue weighted by Gasteiger charge is -2.28. The Morgan fingerprint density at radius 2 is 1.52 bits per heavy atom. The molecule has 2 rings (SSSR count). The summed E-state index contributed by atoms with van der Waals surface area (Å²) in [6, 6.07) is 10.5. The monoisotopic (exact) mass is 505 g/mol. The average Bonchev–Trinajstić information content (AvgIpc) is 2.72. The van der Waals surface area contributed by atoms with Crippen molar-refractivity contribution in [2.24, 2.45) is 0 Å². The van der Waals surface area contributed by atoms with Crippen molar-refractivity contribution in [2.45, 2.75) is 16.9 Å². The summed E-state index contributed by atoms with van der Waals surface area (Å²) in [5.74, 6) is 0.409. The van der Waals surface area contributed by atoms with E-state index in [0.717, 1.165) is 11.3 Å². The molecule has 7 nitrogen and oxygen atoms in total. The van der Waals surface area contributed by atoms with Crippen molar-refractivity contribution in [1.82, 2.24) is 10.6 Å². The minimum Gasteiger partial charge on any atom is -0.493 e. The lowest BCUT2D eigenvalue weighted by molar-refractivity contribution is 0.0933. The number of carbonyl (C=O) groups excluding carboxylic acids is 1. The zero-order valence-electron chi connectivity index (χ0n) is 17.2. The van der Waals surface area contributed by atoms with E-state index in [1.807, 2.05) is 31.2 Å². The number of carbonyl (C=O) groups is 1. The number of ether oxygens (including phenoxy) is 3. The van der Waals surface area contributed by atoms with Crippen LogP contribution in [0.3, 0.4) is 0 Å². The van der Waals surface area contributed by atoms with Crippen LogP contribution in [-0.2, 0) is 0 Å². The number of benzene rings is 2. The lowest BCUT2D eigenvalue weighted by Crippen LogP contribution is -2.56. The summed E-state index contributed by atoms with van der Waals surface area (Å²) in [4.78, 5) is 12.9. The molecule has 0 saturated heterocycles. The van der Waals surface area contributed by atoms with Crippen molar-refractivity contribution in [3.63, 3.8) is 0 Å². The van der Waals surface area contributed by atoms with E-state index in [1.165, 1.54) is 33.5 Å². The van der Waals surface area contributed by atoms with Gasteiger partial charge >= 0.3 is 0 Å². The molecule has 3 N–H and O–H groups in total. The SMILES string of the molecule is COc1cc(C(=O)N[C@@H](NC(=S)Nc2ccc(C)cc2)C(Cl)(Cl)Cl)cc(OC)c1OC. The van der Waals surface area contributed by atoms with E-state index in [9.17, 15) is 4.79 Å². The Morgan fingerprint density at radius 1 is 0.968 bits per heavy atom. The molecule has 0 aromatic heterocycles. The van der Waals surface area contributed by atoms with Crippen LogP contribution in [0.4, 0.5) is 5.69 Å². The quantitative estimate of drug-likeness (QED) is 0.291. The zero-order valence-corrected chi connectivity index (χ0v) is 20.3. The molecule has 0 bridgehead atoms. The second-order valence-corrected chi connectivity index (χ2v) is 9.10. The van der Waals surface area contributed by atoms with Gasteiger partial charge in [0.15, 0.2) is 16.6 Å². The lowest BCUT2D eigenvalue weighted by atomic mass is 10.1. The Morgan fingerprint density at radius 3 is 1.97 bits per heavy atom. The van der Waals surface area contributed by atoms with Gasteiger partial charge in [0.25, 0.3) is 5.91 Å². The first-order valence-corrected chi connectivity index (χ1v) is 10.4. The van der Waals surface area contributed by atoms with E-state index in [1.54, 1.807) is 0 Å². The predicted octanol–water partition coefficient (Wildman–Crippen LogP) is 4.43. The van der Waals surface area contributed by atoms with Crippen LogP contribution in [0.15, 0.2) is 36.4 Å². The molecule has 31 heavy (non-hydrogen) atoms. The highest BCUT2D eigenvalue weighted by molar-refractivity contribution is 7.80. The fraction of sp³-hybridized carbons (Fsp3) is 0.300. The molecule has 0 spiro atoms. The molecule has 0 aliphatic rings. The highest BCUT2D eigenvalue weighted by Crippen LogP contribution is 2.38. The third-order valence-corrected chi connectivity index (χ3v) is 4.99. The van der Waals surface area contributed by atoms with Crippen LogP contribution in [0.5, 0.6) is 17.2 Å². The van der Waals surface area contributed by atoms with Gasteiger partial charge in [0, 0.05) is 11.3 Å². The number of nitrogens with one attached hydrogen (secondary N) is 3. The van der Waals surface area contributed by atoms with Gasteiger partial charge in [-0.15, -0.1) is 0 Å². The highest BCUT2D eigenvalue weighted by Gasteiger charge is 2.35. The maximum Gasteiger partial charge on any atom is 0.253 e. The van der Waals surface area contributed by atoms with Gasteiger partial charge in [0.1, 0.15) is 6.17 Å². The van der Waals surface area contributed by atoms with Crippen LogP contribution in [0, 0.1) is 6.92 Å². The molecule has 0 heterocycles. The molecule has 0 aliphatic carbocycles. The highest BCUT2D eigenvalue weighted by atomic mass is 35.6. The van der Waals surface area contributed by atoms with Gasteiger partial charge in [-0.2, -0.15) is 0 Å². The number of alkyl halides is 3. The molecule has 1 atom stereocenters. The minimum atomic E-state index is -1.91. The molecular formula is C20H22Cl3N3O4S. The van der Waals surface area contributed by atoms with Crippen LogP contribution in [0.1, 0.15) is 15.9 Å². The van der Waals surface area contributed by atoms with Crippen molar-refractivity contribution in [2.75, 3.05) is 26.6 Å². The molecule has 0 aliphatic heterocycles. The van der Waals surface area contributed by atoms with Crippen LogP contribution in [-0.4, -0.2) is 42.3 Å². The van der Waals surface area contributed by atoms with Crippen molar-refractivity contribution in [1.29, 1.82) is 0 Å². The fourth-order valence-electron chi connectivity index (χ4n) is 2.56. The van der Waals surface area contributed by atoms with Gasteiger partial charge < -0.3 is 30.2 Å². The summed E-state index contributed by atoms with van der Waals surface area (Å²) < 4.78 is 13.9. The topological polar surface area (TPSA) is 80.9 Å². The van der Waals surface area contributed by atoms with Gasteiger partial charge in [0.05, 0.1) is 21.3 Å². The maximum atomic E-state index is 12.9. The third-order valence-electron chi connectivity index (χ3n) is 4.11. The Labute approximate surface area is 201 Å². The first kappa shape index (κ1) is 25.1. The van der Waals surface area contributed by atoms with E-state index in [0.29, 0.717) is 17.2 Å². The van der Waals surface area contributed by atoms with Crippen LogP contribution in [0.2, 0.25) is 0 Å². The Kier molecular flexibility index (Phi) is 8.88. The van der Waals surface area contributed by atoms with Gasteiger partial charge in [-0.25, -0.2) is 0 Å². The first-order chi connectivity index (χ1) is 14.6. The second kappa shape index (κ2) is 10.9. The summed E-state index contributed by atoms with van der Waals surface area (Å²) in [6.07, 6.45) is -1.14. The third kappa shape index (κ3) is 6.93. The fourth-order valence-corrected chi connectivity index (χ4v) is 3.12. The Hall–Kier alpha value is -2.13. The van der Waals surface area contributed by atoms with Crippen molar-refractivity contribution in [3.05, 3.63) is 47.5 Å². The van der Waals surface area contributed by atoms with Gasteiger partial charge in [-0.3, -0.25) is 4.79 Å². The van der Waals surface area contributed by atoms with Gasteiger partial charge in [-0.1, -0.05) is 52.5 Å². The van der Waals surface area contributed by atoms with Crippen molar-refractivity contribution >= 4 is 63.7 Å². The molecule has 2 aromatic rings. The number of hydrogen-bond acceptors (Lipinski definition) is 5. The summed E-state index contributed by atoms with van der Waals surface area (Å²) in [7, 11) is 4.35. The van der Waals surface area contributed by atoms with Gasteiger partial charge in [0.2, 0.25) is 9.54 Å². The number of methoxy groups -OCH3 is 3. The zero-order chi connectivity index (χ0) is 23.2. The molecule has 168 valence electrons. The molecule has 11 heteroatoms. The van der Waals surface area contributed by atoms with E-state index in [-0.39, 0.29) is 10.7 Å². The van der Waals surface area contributed by atoms with E-state index >= 15 is 0 Å². The van der Waals surface area contributed by atoms with Crippen molar-refractivity contribution < 1.29 is 19.0 Å². The number of hydrogen-bond donors (Lipinski definition) is 3. The summed E-state index contributed by atoms with van der Waals surface area (Å²) in [5, 5.41) is 8.55. The normalized spacial score (nSPS) is 11.8. The van der Waals surface area contributed by atoms with Crippen LogP contribution >= 0.6 is 47.0 Å². The van der Waals surface area contributed by atoms with Gasteiger partial charge in [-0.05, 0) is 43.4 Å². The van der Waals surface area contributed by atoms with Crippen LogP contribution < -0.4 is 30.2 Å². The number of aryl methyl sites for hydroxylation is 1. The molecule has 0 unspecified atom stereocenters. The summed E-state index contributed by atoms with van der Waals surface area (Å²) in [6.45, 7) is 1.97. The standard InChI is InChI=1S/C20H22Cl3N3O4S/c1-11-5-7-13(8-6-11)24-19(31)26-18(20(21,22)23)25-17(27)12-9-14(28-2)16(30-4)15(10-12)29-3/h5-10,18H,1-4H3,(H,25,27)(H2,24,26,31)/t18-/m0/s1. The molecule has 0 radical (unpaired) electrons. The number of halogens is 3. The van der Waals surface area contributed by atoms with E-state index in [2.05, 4.69) is 16.0 Å². The maximum absolute atomic E-state index is 12.9. The molecule has 0 saturated carbocycles. The number of rotatable bonds is 7. The minimum absolute atomic E-state index is 0.158. The number of amides is 1.